The highest BCUT2D eigenvalue weighted by molar-refractivity contribution is 6.37. The van der Waals surface area contributed by atoms with Crippen molar-refractivity contribution in [2.75, 3.05) is 6.61 Å². The predicted molar refractivity (Wildman–Crippen MR) is 112 cm³/mol. The Hall–Kier alpha value is -1.50. The van der Waals surface area contributed by atoms with Crippen LogP contribution in [0.4, 0.5) is 8.78 Å². The van der Waals surface area contributed by atoms with Gasteiger partial charge in [0, 0.05) is 49.6 Å². The van der Waals surface area contributed by atoms with Crippen LogP contribution in [0, 0.1) is 0 Å². The molecule has 1 aromatic heterocycles. The molecule has 1 unspecified atom stereocenters. The van der Waals surface area contributed by atoms with Crippen molar-refractivity contribution in [1.82, 2.24) is 4.57 Å². The second-order valence-corrected chi connectivity index (χ2v) is 9.23. The maximum absolute atomic E-state index is 13.4. The SMILES string of the molecule is O=C(CCC1(O)CCC(F)(F)CC1)c1cn(CC2CCCCO2)c2cccc(Cl)c12. The van der Waals surface area contributed by atoms with E-state index in [9.17, 15) is 18.7 Å². The van der Waals surface area contributed by atoms with Crippen molar-refractivity contribution in [3.63, 3.8) is 0 Å². The molecule has 0 radical (unpaired) electrons. The van der Waals surface area contributed by atoms with E-state index in [1.165, 1.54) is 0 Å². The van der Waals surface area contributed by atoms with Gasteiger partial charge in [-0.2, -0.15) is 0 Å². The summed E-state index contributed by atoms with van der Waals surface area (Å²) >= 11 is 6.44. The molecule has 0 bridgehead atoms. The van der Waals surface area contributed by atoms with Gasteiger partial charge in [-0.1, -0.05) is 17.7 Å². The van der Waals surface area contributed by atoms with Crippen LogP contribution >= 0.6 is 11.6 Å². The fourth-order valence-corrected chi connectivity index (χ4v) is 4.93. The van der Waals surface area contributed by atoms with Crippen molar-refractivity contribution < 1.29 is 23.4 Å². The first-order valence-electron chi connectivity index (χ1n) is 10.8. The highest BCUT2D eigenvalue weighted by atomic mass is 35.5. The van der Waals surface area contributed by atoms with E-state index in [4.69, 9.17) is 16.3 Å². The molecule has 2 heterocycles. The van der Waals surface area contributed by atoms with Gasteiger partial charge in [0.1, 0.15) is 0 Å². The number of alkyl halides is 2. The number of hydrogen-bond acceptors (Lipinski definition) is 3. The van der Waals surface area contributed by atoms with E-state index in [0.29, 0.717) is 22.5 Å². The van der Waals surface area contributed by atoms with Crippen LogP contribution in [0.2, 0.25) is 5.02 Å². The highest BCUT2D eigenvalue weighted by Crippen LogP contribution is 2.41. The number of hydrogen-bond donors (Lipinski definition) is 1. The highest BCUT2D eigenvalue weighted by Gasteiger charge is 2.42. The summed E-state index contributed by atoms with van der Waals surface area (Å²) in [5, 5.41) is 11.9. The smallest absolute Gasteiger partial charge is 0.248 e. The molecule has 164 valence electrons. The van der Waals surface area contributed by atoms with Gasteiger partial charge in [0.15, 0.2) is 5.78 Å². The molecule has 2 fully saturated rings. The molecule has 2 aliphatic rings. The Morgan fingerprint density at radius 1 is 1.23 bits per heavy atom. The summed E-state index contributed by atoms with van der Waals surface area (Å²) in [4.78, 5) is 13.1. The van der Waals surface area contributed by atoms with Gasteiger partial charge < -0.3 is 14.4 Å². The fourth-order valence-electron chi connectivity index (χ4n) is 4.65. The molecule has 1 aromatic carbocycles. The number of halogens is 3. The lowest BCUT2D eigenvalue weighted by Gasteiger charge is -2.35. The first kappa shape index (κ1) is 21.7. The Morgan fingerprint density at radius 3 is 2.70 bits per heavy atom. The van der Waals surface area contributed by atoms with Crippen LogP contribution in [0.5, 0.6) is 0 Å². The molecule has 1 N–H and O–H groups in total. The summed E-state index contributed by atoms with van der Waals surface area (Å²) in [5.74, 6) is -2.83. The average Bonchev–Trinajstić information content (AvgIpc) is 3.10. The third kappa shape index (κ3) is 4.71. The van der Waals surface area contributed by atoms with Gasteiger partial charge in [0.25, 0.3) is 0 Å². The fraction of sp³-hybridized carbons (Fsp3) is 0.609. The summed E-state index contributed by atoms with van der Waals surface area (Å²) in [6, 6.07) is 5.57. The average molecular weight is 440 g/mol. The van der Waals surface area contributed by atoms with E-state index in [1.807, 2.05) is 22.9 Å². The number of nitrogens with zero attached hydrogens (tertiary/aromatic N) is 1. The van der Waals surface area contributed by atoms with Crippen LogP contribution < -0.4 is 0 Å². The third-order valence-corrected chi connectivity index (χ3v) is 6.87. The molecular formula is C23H28ClF2NO3. The molecule has 7 heteroatoms. The number of ketones is 1. The van der Waals surface area contributed by atoms with E-state index in [2.05, 4.69) is 0 Å². The minimum Gasteiger partial charge on any atom is -0.390 e. The number of fused-ring (bicyclic) bond motifs is 1. The number of carbonyl (C=O) groups excluding carboxylic acids is 1. The molecule has 1 saturated carbocycles. The quantitative estimate of drug-likeness (QED) is 0.581. The van der Waals surface area contributed by atoms with E-state index in [-0.39, 0.29) is 50.4 Å². The second kappa shape index (κ2) is 8.56. The lowest BCUT2D eigenvalue weighted by Crippen LogP contribution is -2.38. The monoisotopic (exact) mass is 439 g/mol. The standard InChI is InChI=1S/C23H28ClF2NO3/c24-18-5-3-6-19-21(18)17(15-27(19)14-16-4-1-2-13-30-16)20(28)7-8-22(29)9-11-23(25,26)12-10-22/h3,5-6,15-16,29H,1-2,4,7-14H2. The Balaban J connectivity index is 1.52. The van der Waals surface area contributed by atoms with Crippen molar-refractivity contribution in [1.29, 1.82) is 0 Å². The summed E-state index contributed by atoms with van der Waals surface area (Å²) in [6.45, 7) is 1.41. The number of Topliss-reactive ketones (excluding diaryl/α,β-unsaturated/α-hetero) is 1. The zero-order valence-electron chi connectivity index (χ0n) is 17.0. The third-order valence-electron chi connectivity index (χ3n) is 6.56. The van der Waals surface area contributed by atoms with E-state index in [1.54, 1.807) is 6.07 Å². The number of rotatable bonds is 6. The predicted octanol–water partition coefficient (Wildman–Crippen LogP) is 5.77. The molecule has 1 aliphatic heterocycles. The van der Waals surface area contributed by atoms with Gasteiger partial charge in [-0.25, -0.2) is 8.78 Å². The maximum Gasteiger partial charge on any atom is 0.248 e. The summed E-state index contributed by atoms with van der Waals surface area (Å²) in [5.41, 5.74) is 0.210. The van der Waals surface area contributed by atoms with E-state index in [0.717, 1.165) is 31.4 Å². The van der Waals surface area contributed by atoms with Crippen LogP contribution in [0.1, 0.15) is 68.1 Å². The van der Waals surface area contributed by atoms with Crippen LogP contribution in [0.25, 0.3) is 10.9 Å². The number of aromatic nitrogens is 1. The first-order chi connectivity index (χ1) is 14.3. The van der Waals surface area contributed by atoms with Crippen LogP contribution in [0.15, 0.2) is 24.4 Å². The van der Waals surface area contributed by atoms with Gasteiger partial charge in [-0.15, -0.1) is 0 Å². The van der Waals surface area contributed by atoms with E-state index < -0.39 is 11.5 Å². The number of aliphatic hydroxyl groups is 1. The molecule has 4 rings (SSSR count). The zero-order valence-corrected chi connectivity index (χ0v) is 17.8. The minimum atomic E-state index is -2.71. The van der Waals surface area contributed by atoms with Crippen LogP contribution in [-0.4, -0.2) is 39.7 Å². The summed E-state index contributed by atoms with van der Waals surface area (Å²) < 4.78 is 34.7. The normalized spacial score (nSPS) is 23.5. The molecule has 2 aromatic rings. The Morgan fingerprint density at radius 2 is 2.00 bits per heavy atom. The van der Waals surface area contributed by atoms with Crippen molar-refractivity contribution in [2.24, 2.45) is 0 Å². The van der Waals surface area contributed by atoms with Crippen molar-refractivity contribution in [2.45, 2.75) is 82.0 Å². The molecule has 1 aliphatic carbocycles. The van der Waals surface area contributed by atoms with Crippen LogP contribution in [0.3, 0.4) is 0 Å². The molecule has 0 amide bonds. The Kier molecular flexibility index (Phi) is 6.20. The van der Waals surface area contributed by atoms with Gasteiger partial charge >= 0.3 is 0 Å². The van der Waals surface area contributed by atoms with Crippen LogP contribution in [-0.2, 0) is 11.3 Å². The van der Waals surface area contributed by atoms with Crippen molar-refractivity contribution in [3.8, 4) is 0 Å². The van der Waals surface area contributed by atoms with Gasteiger partial charge in [0.2, 0.25) is 5.92 Å². The summed E-state index contributed by atoms with van der Waals surface area (Å²) in [6.07, 6.45) is 4.81. The minimum absolute atomic E-state index is 0.0226. The summed E-state index contributed by atoms with van der Waals surface area (Å²) in [7, 11) is 0. The lowest BCUT2D eigenvalue weighted by atomic mass is 9.79. The molecule has 1 atom stereocenters. The first-order valence-corrected chi connectivity index (χ1v) is 11.2. The number of carbonyl (C=O) groups is 1. The molecule has 0 spiro atoms. The maximum atomic E-state index is 13.4. The Bertz CT molecular complexity index is 911. The van der Waals surface area contributed by atoms with E-state index >= 15 is 0 Å². The second-order valence-electron chi connectivity index (χ2n) is 8.82. The molecule has 4 nitrogen and oxygen atoms in total. The molecular weight excluding hydrogens is 412 g/mol. The largest absolute Gasteiger partial charge is 0.390 e. The number of benzene rings is 1. The van der Waals surface area contributed by atoms with Gasteiger partial charge in [0.05, 0.1) is 22.2 Å². The zero-order chi connectivity index (χ0) is 21.4. The topological polar surface area (TPSA) is 51.5 Å². The van der Waals surface area contributed by atoms with Crippen molar-refractivity contribution >= 4 is 28.3 Å². The molecule has 1 saturated heterocycles. The number of ether oxygens (including phenoxy) is 1. The van der Waals surface area contributed by atoms with Gasteiger partial charge in [-0.05, 0) is 50.7 Å². The molecule has 30 heavy (non-hydrogen) atoms. The van der Waals surface area contributed by atoms with Crippen molar-refractivity contribution in [3.05, 3.63) is 35.0 Å². The Labute approximate surface area is 180 Å². The van der Waals surface area contributed by atoms with Gasteiger partial charge in [-0.3, -0.25) is 4.79 Å². The lowest BCUT2D eigenvalue weighted by molar-refractivity contribution is -0.105.